The highest BCUT2D eigenvalue weighted by atomic mass is 19.1. The van der Waals surface area contributed by atoms with Crippen molar-refractivity contribution in [1.29, 1.82) is 0 Å². The molecule has 0 saturated heterocycles. The highest BCUT2D eigenvalue weighted by Gasteiger charge is 2.29. The standard InChI is InChI=1S/C11H12FNO/c12-10-3-1-8(2-4-10)9-5-11(6-9)13-7-14/h1-4,7,9,11H,5-6H2,(H,13,14). The Hall–Kier alpha value is -1.38. The SMILES string of the molecule is O=CNC1CC(c2ccc(F)cc2)C1. The van der Waals surface area contributed by atoms with Gasteiger partial charge in [-0.05, 0) is 36.5 Å². The van der Waals surface area contributed by atoms with Gasteiger partial charge < -0.3 is 5.32 Å². The van der Waals surface area contributed by atoms with Gasteiger partial charge in [0.2, 0.25) is 6.41 Å². The Balaban J connectivity index is 1.93. The van der Waals surface area contributed by atoms with E-state index in [9.17, 15) is 9.18 Å². The fraction of sp³-hybridized carbons (Fsp3) is 0.364. The van der Waals surface area contributed by atoms with Crippen molar-refractivity contribution < 1.29 is 9.18 Å². The summed E-state index contributed by atoms with van der Waals surface area (Å²) in [5.74, 6) is 0.281. The zero-order valence-electron chi connectivity index (χ0n) is 7.74. The molecule has 0 heterocycles. The minimum absolute atomic E-state index is 0.198. The second-order valence-electron chi connectivity index (χ2n) is 3.70. The topological polar surface area (TPSA) is 29.1 Å². The van der Waals surface area contributed by atoms with Crippen LogP contribution in [0, 0.1) is 5.82 Å². The Bertz CT molecular complexity index is 317. The first-order chi connectivity index (χ1) is 6.79. The molecule has 1 N–H and O–H groups in total. The smallest absolute Gasteiger partial charge is 0.207 e. The third-order valence-electron chi connectivity index (χ3n) is 2.78. The van der Waals surface area contributed by atoms with E-state index in [1.165, 1.54) is 12.1 Å². The summed E-state index contributed by atoms with van der Waals surface area (Å²) in [6.07, 6.45) is 2.67. The summed E-state index contributed by atoms with van der Waals surface area (Å²) < 4.78 is 12.6. The molecule has 0 radical (unpaired) electrons. The maximum Gasteiger partial charge on any atom is 0.207 e. The summed E-state index contributed by atoms with van der Waals surface area (Å²) >= 11 is 0. The van der Waals surface area contributed by atoms with Gasteiger partial charge in [0.05, 0.1) is 0 Å². The average Bonchev–Trinajstić information content (AvgIpc) is 2.13. The number of hydrogen-bond acceptors (Lipinski definition) is 1. The van der Waals surface area contributed by atoms with Gasteiger partial charge in [-0.3, -0.25) is 4.79 Å². The van der Waals surface area contributed by atoms with Crippen molar-refractivity contribution in [2.24, 2.45) is 0 Å². The van der Waals surface area contributed by atoms with Gasteiger partial charge in [0.25, 0.3) is 0 Å². The molecule has 2 nitrogen and oxygen atoms in total. The van der Waals surface area contributed by atoms with Crippen molar-refractivity contribution in [2.75, 3.05) is 0 Å². The molecular formula is C11H12FNO. The Kier molecular flexibility index (Phi) is 2.48. The third kappa shape index (κ3) is 1.76. The van der Waals surface area contributed by atoms with Crippen LogP contribution in [0.1, 0.15) is 24.3 Å². The Labute approximate surface area is 82.1 Å². The molecule has 1 aliphatic rings. The number of carbonyl (C=O) groups excluding carboxylic acids is 1. The van der Waals surface area contributed by atoms with Gasteiger partial charge >= 0.3 is 0 Å². The molecule has 0 aliphatic heterocycles. The molecule has 3 heteroatoms. The van der Waals surface area contributed by atoms with E-state index in [0.29, 0.717) is 12.0 Å². The lowest BCUT2D eigenvalue weighted by molar-refractivity contribution is -0.110. The normalized spacial score (nSPS) is 25.2. The van der Waals surface area contributed by atoms with E-state index in [1.54, 1.807) is 0 Å². The Morgan fingerprint density at radius 3 is 2.50 bits per heavy atom. The van der Waals surface area contributed by atoms with Crippen LogP contribution in [0.5, 0.6) is 0 Å². The van der Waals surface area contributed by atoms with E-state index in [-0.39, 0.29) is 5.82 Å². The fourth-order valence-corrected chi connectivity index (χ4v) is 1.86. The zero-order valence-corrected chi connectivity index (χ0v) is 7.74. The predicted molar refractivity (Wildman–Crippen MR) is 51.4 cm³/mol. The lowest BCUT2D eigenvalue weighted by Crippen LogP contribution is -2.39. The van der Waals surface area contributed by atoms with Gasteiger partial charge in [-0.15, -0.1) is 0 Å². The average molecular weight is 193 g/mol. The zero-order chi connectivity index (χ0) is 9.97. The Morgan fingerprint density at radius 2 is 1.93 bits per heavy atom. The van der Waals surface area contributed by atoms with Crippen LogP contribution in [0.4, 0.5) is 4.39 Å². The molecular weight excluding hydrogens is 181 g/mol. The fourth-order valence-electron chi connectivity index (χ4n) is 1.86. The number of carbonyl (C=O) groups is 1. The summed E-state index contributed by atoms with van der Waals surface area (Å²) in [5, 5.41) is 2.74. The second-order valence-corrected chi connectivity index (χ2v) is 3.70. The van der Waals surface area contributed by atoms with E-state index in [4.69, 9.17) is 0 Å². The number of halogens is 1. The number of nitrogens with one attached hydrogen (secondary N) is 1. The highest BCUT2D eigenvalue weighted by molar-refractivity contribution is 5.47. The Morgan fingerprint density at radius 1 is 1.29 bits per heavy atom. The number of benzene rings is 1. The van der Waals surface area contributed by atoms with Crippen LogP contribution in [0.25, 0.3) is 0 Å². The van der Waals surface area contributed by atoms with Gasteiger partial charge in [0.15, 0.2) is 0 Å². The summed E-state index contributed by atoms with van der Waals surface area (Å²) in [7, 11) is 0. The summed E-state index contributed by atoms with van der Waals surface area (Å²) in [6.45, 7) is 0. The minimum atomic E-state index is -0.198. The quantitative estimate of drug-likeness (QED) is 0.729. The van der Waals surface area contributed by atoms with Crippen molar-refractivity contribution in [2.45, 2.75) is 24.8 Å². The predicted octanol–water partition coefficient (Wildman–Crippen LogP) is 1.82. The van der Waals surface area contributed by atoms with Crippen LogP contribution in [-0.2, 0) is 4.79 Å². The number of hydrogen-bond donors (Lipinski definition) is 1. The van der Waals surface area contributed by atoms with Crippen LogP contribution in [0.3, 0.4) is 0 Å². The molecule has 0 bridgehead atoms. The van der Waals surface area contributed by atoms with Crippen molar-refractivity contribution in [3.8, 4) is 0 Å². The second kappa shape index (κ2) is 3.78. The minimum Gasteiger partial charge on any atom is -0.356 e. The first-order valence-corrected chi connectivity index (χ1v) is 4.75. The molecule has 1 aliphatic carbocycles. The molecule has 1 saturated carbocycles. The molecule has 0 spiro atoms. The molecule has 14 heavy (non-hydrogen) atoms. The lowest BCUT2D eigenvalue weighted by atomic mass is 9.76. The molecule has 1 aromatic carbocycles. The van der Waals surface area contributed by atoms with Crippen LogP contribution in [-0.4, -0.2) is 12.5 Å². The summed E-state index contributed by atoms with van der Waals surface area (Å²) in [6, 6.07) is 6.91. The van der Waals surface area contributed by atoms with E-state index in [2.05, 4.69) is 5.32 Å². The van der Waals surface area contributed by atoms with E-state index in [0.717, 1.165) is 24.8 Å². The largest absolute Gasteiger partial charge is 0.356 e. The van der Waals surface area contributed by atoms with Crippen LogP contribution in [0.15, 0.2) is 24.3 Å². The number of rotatable bonds is 3. The lowest BCUT2D eigenvalue weighted by Gasteiger charge is -2.35. The maximum absolute atomic E-state index is 12.6. The molecule has 0 aromatic heterocycles. The van der Waals surface area contributed by atoms with Gasteiger partial charge in [0, 0.05) is 6.04 Å². The van der Waals surface area contributed by atoms with Crippen LogP contribution >= 0.6 is 0 Å². The van der Waals surface area contributed by atoms with Gasteiger partial charge in [-0.2, -0.15) is 0 Å². The van der Waals surface area contributed by atoms with Crippen molar-refractivity contribution in [1.82, 2.24) is 5.32 Å². The van der Waals surface area contributed by atoms with Gasteiger partial charge in [-0.25, -0.2) is 4.39 Å². The summed E-state index contributed by atoms with van der Waals surface area (Å²) in [5.41, 5.74) is 1.16. The molecule has 0 atom stereocenters. The van der Waals surface area contributed by atoms with E-state index in [1.807, 2.05) is 12.1 Å². The molecule has 2 rings (SSSR count). The summed E-state index contributed by atoms with van der Waals surface area (Å²) in [4.78, 5) is 10.1. The van der Waals surface area contributed by atoms with Crippen molar-refractivity contribution >= 4 is 6.41 Å². The highest BCUT2D eigenvalue weighted by Crippen LogP contribution is 2.36. The van der Waals surface area contributed by atoms with E-state index < -0.39 is 0 Å². The van der Waals surface area contributed by atoms with Gasteiger partial charge in [-0.1, -0.05) is 12.1 Å². The third-order valence-corrected chi connectivity index (χ3v) is 2.78. The van der Waals surface area contributed by atoms with Crippen molar-refractivity contribution in [3.05, 3.63) is 35.6 Å². The van der Waals surface area contributed by atoms with Gasteiger partial charge in [0.1, 0.15) is 5.82 Å². The van der Waals surface area contributed by atoms with Crippen LogP contribution in [0.2, 0.25) is 0 Å². The monoisotopic (exact) mass is 193 g/mol. The molecule has 1 fully saturated rings. The van der Waals surface area contributed by atoms with Crippen LogP contribution < -0.4 is 5.32 Å². The number of amides is 1. The molecule has 0 unspecified atom stereocenters. The maximum atomic E-state index is 12.6. The molecule has 1 aromatic rings. The first-order valence-electron chi connectivity index (χ1n) is 4.75. The van der Waals surface area contributed by atoms with E-state index >= 15 is 0 Å². The van der Waals surface area contributed by atoms with Crippen molar-refractivity contribution in [3.63, 3.8) is 0 Å². The molecule has 74 valence electrons. The molecule has 1 amide bonds. The first kappa shape index (κ1) is 9.19.